The fourth-order valence-corrected chi connectivity index (χ4v) is 1.06. The molecular weight excluding hydrogens is 196 g/mol. The first kappa shape index (κ1) is 9.95. The molecular formula is C7H13BrO2. The molecule has 60 valence electrons. The molecule has 0 aliphatic rings. The number of rotatable bonds is 5. The van der Waals surface area contributed by atoms with Crippen LogP contribution in [0.25, 0.3) is 0 Å². The number of hydrogen-bond donors (Lipinski definition) is 1. The number of hydrogen-bond acceptors (Lipinski definition) is 1. The minimum Gasteiger partial charge on any atom is -0.481 e. The lowest BCUT2D eigenvalue weighted by Crippen LogP contribution is -2.08. The van der Waals surface area contributed by atoms with Gasteiger partial charge in [-0.15, -0.1) is 0 Å². The summed E-state index contributed by atoms with van der Waals surface area (Å²) in [5, 5.41) is 9.44. The first-order valence-corrected chi connectivity index (χ1v) is 4.59. The summed E-state index contributed by atoms with van der Waals surface area (Å²) in [6.45, 7) is 1.75. The SMILES string of the molecule is CC(CCCCBr)C(=O)O. The smallest absolute Gasteiger partial charge is 0.306 e. The van der Waals surface area contributed by atoms with Crippen molar-refractivity contribution >= 4 is 21.9 Å². The van der Waals surface area contributed by atoms with Crippen molar-refractivity contribution < 1.29 is 9.90 Å². The lowest BCUT2D eigenvalue weighted by Gasteiger charge is -2.02. The highest BCUT2D eigenvalue weighted by Gasteiger charge is 2.08. The van der Waals surface area contributed by atoms with Gasteiger partial charge in [-0.3, -0.25) is 4.79 Å². The van der Waals surface area contributed by atoms with E-state index in [0.717, 1.165) is 24.6 Å². The number of carboxylic acids is 1. The molecule has 0 aromatic rings. The number of aliphatic carboxylic acids is 1. The predicted molar refractivity (Wildman–Crippen MR) is 44.4 cm³/mol. The molecule has 0 fully saturated rings. The lowest BCUT2D eigenvalue weighted by molar-refractivity contribution is -0.141. The average molecular weight is 209 g/mol. The van der Waals surface area contributed by atoms with Gasteiger partial charge in [-0.05, 0) is 12.8 Å². The fraction of sp³-hybridized carbons (Fsp3) is 0.857. The lowest BCUT2D eigenvalue weighted by atomic mass is 10.1. The zero-order chi connectivity index (χ0) is 7.98. The first-order chi connectivity index (χ1) is 4.68. The Balaban J connectivity index is 3.21. The summed E-state index contributed by atoms with van der Waals surface area (Å²) in [6, 6.07) is 0. The summed E-state index contributed by atoms with van der Waals surface area (Å²) in [5.41, 5.74) is 0. The van der Waals surface area contributed by atoms with Gasteiger partial charge in [-0.2, -0.15) is 0 Å². The molecule has 0 saturated carbocycles. The van der Waals surface area contributed by atoms with Crippen molar-refractivity contribution in [3.63, 3.8) is 0 Å². The van der Waals surface area contributed by atoms with Crippen LogP contribution in [0.2, 0.25) is 0 Å². The van der Waals surface area contributed by atoms with Crippen molar-refractivity contribution in [1.82, 2.24) is 0 Å². The second-order valence-electron chi connectivity index (χ2n) is 2.42. The first-order valence-electron chi connectivity index (χ1n) is 3.47. The Kier molecular flexibility index (Phi) is 5.69. The van der Waals surface area contributed by atoms with Crippen molar-refractivity contribution in [2.24, 2.45) is 5.92 Å². The standard InChI is InChI=1S/C7H13BrO2/c1-6(7(9)10)4-2-3-5-8/h6H,2-5H2,1H3,(H,9,10). The van der Waals surface area contributed by atoms with Gasteiger partial charge >= 0.3 is 5.97 Å². The fourth-order valence-electron chi connectivity index (χ4n) is 0.668. The average Bonchev–Trinajstić information content (AvgIpc) is 1.88. The van der Waals surface area contributed by atoms with E-state index < -0.39 is 5.97 Å². The Labute approximate surface area is 69.8 Å². The maximum Gasteiger partial charge on any atom is 0.306 e. The van der Waals surface area contributed by atoms with E-state index in [1.165, 1.54) is 0 Å². The molecule has 0 aliphatic carbocycles. The van der Waals surface area contributed by atoms with Crippen LogP contribution in [0.3, 0.4) is 0 Å². The van der Waals surface area contributed by atoms with E-state index in [9.17, 15) is 4.79 Å². The molecule has 0 amide bonds. The molecule has 2 nitrogen and oxygen atoms in total. The summed E-state index contributed by atoms with van der Waals surface area (Å²) in [4.78, 5) is 10.3. The van der Waals surface area contributed by atoms with Crippen LogP contribution in [0.5, 0.6) is 0 Å². The highest BCUT2D eigenvalue weighted by Crippen LogP contribution is 2.08. The van der Waals surface area contributed by atoms with Gasteiger partial charge in [0.15, 0.2) is 0 Å². The summed E-state index contributed by atoms with van der Waals surface area (Å²) < 4.78 is 0. The number of carbonyl (C=O) groups is 1. The van der Waals surface area contributed by atoms with Crippen molar-refractivity contribution in [3.05, 3.63) is 0 Å². The summed E-state index contributed by atoms with van der Waals surface area (Å²) in [7, 11) is 0. The van der Waals surface area contributed by atoms with Crippen molar-refractivity contribution in [2.45, 2.75) is 26.2 Å². The van der Waals surface area contributed by atoms with E-state index >= 15 is 0 Å². The molecule has 0 aliphatic heterocycles. The maximum absolute atomic E-state index is 10.3. The van der Waals surface area contributed by atoms with Crippen molar-refractivity contribution in [3.8, 4) is 0 Å². The van der Waals surface area contributed by atoms with Crippen LogP contribution >= 0.6 is 15.9 Å². The summed E-state index contributed by atoms with van der Waals surface area (Å²) in [5.74, 6) is -0.867. The van der Waals surface area contributed by atoms with Gasteiger partial charge in [0, 0.05) is 5.33 Å². The monoisotopic (exact) mass is 208 g/mol. The minimum atomic E-state index is -0.686. The van der Waals surface area contributed by atoms with E-state index in [2.05, 4.69) is 15.9 Å². The topological polar surface area (TPSA) is 37.3 Å². The zero-order valence-electron chi connectivity index (χ0n) is 6.14. The van der Waals surface area contributed by atoms with Gasteiger partial charge in [0.05, 0.1) is 5.92 Å². The molecule has 0 radical (unpaired) electrons. The molecule has 0 bridgehead atoms. The summed E-state index contributed by atoms with van der Waals surface area (Å²) in [6.07, 6.45) is 2.86. The van der Waals surface area contributed by atoms with E-state index in [1.807, 2.05) is 0 Å². The van der Waals surface area contributed by atoms with Crippen LogP contribution < -0.4 is 0 Å². The molecule has 0 heterocycles. The van der Waals surface area contributed by atoms with Crippen LogP contribution in [0, 0.1) is 5.92 Å². The quantitative estimate of drug-likeness (QED) is 0.557. The third-order valence-corrected chi connectivity index (χ3v) is 2.00. The van der Waals surface area contributed by atoms with Crippen LogP contribution in [0.1, 0.15) is 26.2 Å². The molecule has 0 spiro atoms. The van der Waals surface area contributed by atoms with Crippen LogP contribution in [-0.4, -0.2) is 16.4 Å². The minimum absolute atomic E-state index is 0.181. The number of halogens is 1. The van der Waals surface area contributed by atoms with Crippen LogP contribution in [0.4, 0.5) is 0 Å². The predicted octanol–water partition coefficient (Wildman–Crippen LogP) is 2.27. The van der Waals surface area contributed by atoms with Crippen molar-refractivity contribution in [2.75, 3.05) is 5.33 Å². The van der Waals surface area contributed by atoms with Gasteiger partial charge in [-0.25, -0.2) is 0 Å². The highest BCUT2D eigenvalue weighted by molar-refractivity contribution is 9.09. The Hall–Kier alpha value is -0.0500. The third-order valence-electron chi connectivity index (χ3n) is 1.44. The molecule has 1 atom stereocenters. The highest BCUT2D eigenvalue weighted by atomic mass is 79.9. The Morgan fingerprint density at radius 2 is 2.20 bits per heavy atom. The molecule has 3 heteroatoms. The molecule has 0 saturated heterocycles. The van der Waals surface area contributed by atoms with E-state index in [-0.39, 0.29) is 5.92 Å². The van der Waals surface area contributed by atoms with E-state index in [1.54, 1.807) is 6.92 Å². The summed E-state index contributed by atoms with van der Waals surface area (Å²) >= 11 is 3.29. The molecule has 0 aromatic carbocycles. The second kappa shape index (κ2) is 5.71. The van der Waals surface area contributed by atoms with Gasteiger partial charge in [0.2, 0.25) is 0 Å². The Bertz CT molecular complexity index is 104. The number of alkyl halides is 1. The Morgan fingerprint density at radius 1 is 1.60 bits per heavy atom. The largest absolute Gasteiger partial charge is 0.481 e. The van der Waals surface area contributed by atoms with Crippen LogP contribution in [0.15, 0.2) is 0 Å². The molecule has 10 heavy (non-hydrogen) atoms. The number of carboxylic acid groups (broad SMARTS) is 1. The molecule has 0 aromatic heterocycles. The van der Waals surface area contributed by atoms with Gasteiger partial charge in [0.1, 0.15) is 0 Å². The second-order valence-corrected chi connectivity index (χ2v) is 3.22. The molecule has 1 N–H and O–H groups in total. The van der Waals surface area contributed by atoms with E-state index in [0.29, 0.717) is 0 Å². The molecule has 1 unspecified atom stereocenters. The third kappa shape index (κ3) is 4.79. The van der Waals surface area contributed by atoms with E-state index in [4.69, 9.17) is 5.11 Å². The number of unbranched alkanes of at least 4 members (excludes halogenated alkanes) is 1. The van der Waals surface area contributed by atoms with Gasteiger partial charge < -0.3 is 5.11 Å². The van der Waals surface area contributed by atoms with Crippen molar-refractivity contribution in [1.29, 1.82) is 0 Å². The van der Waals surface area contributed by atoms with Crippen LogP contribution in [-0.2, 0) is 4.79 Å². The van der Waals surface area contributed by atoms with Gasteiger partial charge in [0.25, 0.3) is 0 Å². The molecule has 0 rings (SSSR count). The normalized spacial score (nSPS) is 13.0. The van der Waals surface area contributed by atoms with Gasteiger partial charge in [-0.1, -0.05) is 29.3 Å². The maximum atomic E-state index is 10.3. The Morgan fingerprint density at radius 3 is 2.60 bits per heavy atom. The zero-order valence-corrected chi connectivity index (χ0v) is 7.73.